The Morgan fingerprint density at radius 2 is 1.95 bits per heavy atom. The lowest BCUT2D eigenvalue weighted by Gasteiger charge is -2.33. The monoisotopic (exact) mass is 298 g/mol. The van der Waals surface area contributed by atoms with Crippen molar-refractivity contribution in [2.75, 3.05) is 0 Å². The van der Waals surface area contributed by atoms with Crippen LogP contribution in [0.15, 0.2) is 39.4 Å². The van der Waals surface area contributed by atoms with Gasteiger partial charge in [-0.15, -0.1) is 0 Å². The summed E-state index contributed by atoms with van der Waals surface area (Å²) >= 11 is 0. The van der Waals surface area contributed by atoms with Crippen LogP contribution in [0.1, 0.15) is 39.7 Å². The topological polar surface area (TPSA) is 44.0 Å². The minimum absolute atomic E-state index is 0.0185. The summed E-state index contributed by atoms with van der Waals surface area (Å²) in [6.07, 6.45) is 2.85. The highest BCUT2D eigenvalue weighted by Crippen LogP contribution is 2.36. The fraction of sp³-hybridized carbons (Fsp3) is 0.444. The largest absolute Gasteiger partial charge is 0.317 e. The molecule has 4 nitrogen and oxygen atoms in total. The molecule has 1 aromatic heterocycles. The van der Waals surface area contributed by atoms with Crippen molar-refractivity contribution in [3.05, 3.63) is 56.1 Å². The second-order valence-corrected chi connectivity index (χ2v) is 6.96. The van der Waals surface area contributed by atoms with E-state index in [2.05, 4.69) is 19.9 Å². The van der Waals surface area contributed by atoms with Gasteiger partial charge < -0.3 is 4.57 Å². The smallest absolute Gasteiger partial charge is 0.302 e. The van der Waals surface area contributed by atoms with Crippen LogP contribution < -0.4 is 11.1 Å². The van der Waals surface area contributed by atoms with Gasteiger partial charge in [-0.2, -0.15) is 0 Å². The van der Waals surface area contributed by atoms with Crippen LogP contribution in [-0.2, 0) is 18.5 Å². The molecule has 1 aliphatic heterocycles. The summed E-state index contributed by atoms with van der Waals surface area (Å²) in [4.78, 5) is 25.0. The molecule has 22 heavy (non-hydrogen) atoms. The van der Waals surface area contributed by atoms with Gasteiger partial charge in [-0.3, -0.25) is 14.2 Å². The van der Waals surface area contributed by atoms with E-state index < -0.39 is 11.1 Å². The summed E-state index contributed by atoms with van der Waals surface area (Å²) < 4.78 is 3.27. The van der Waals surface area contributed by atoms with E-state index >= 15 is 0 Å². The Morgan fingerprint density at radius 3 is 2.64 bits per heavy atom. The standard InChI is InChI=1S/C18H22N2O2/c1-12(2)8-10-19-14-7-5-6-13-15(14)20(17(22)16(19)21)11-9-18(13,3)4/h5-8H,9-11H2,1-4H3. The van der Waals surface area contributed by atoms with Crippen molar-refractivity contribution < 1.29 is 0 Å². The molecule has 3 rings (SSSR count). The van der Waals surface area contributed by atoms with Crippen LogP contribution in [0.5, 0.6) is 0 Å². The summed E-state index contributed by atoms with van der Waals surface area (Å²) in [5.74, 6) is 0. The average molecular weight is 298 g/mol. The Hall–Kier alpha value is -2.10. The fourth-order valence-electron chi connectivity index (χ4n) is 3.22. The quantitative estimate of drug-likeness (QED) is 0.632. The Morgan fingerprint density at radius 1 is 1.23 bits per heavy atom. The number of aromatic nitrogens is 2. The van der Waals surface area contributed by atoms with Crippen molar-refractivity contribution >= 4 is 11.0 Å². The van der Waals surface area contributed by atoms with Gasteiger partial charge in [-0.25, -0.2) is 0 Å². The minimum Gasteiger partial charge on any atom is -0.302 e. The number of aryl methyl sites for hydroxylation is 1. The first-order valence-corrected chi connectivity index (χ1v) is 7.73. The highest BCUT2D eigenvalue weighted by atomic mass is 16.2. The zero-order chi connectivity index (χ0) is 16.1. The Kier molecular flexibility index (Phi) is 3.35. The first-order chi connectivity index (χ1) is 10.3. The number of benzene rings is 1. The van der Waals surface area contributed by atoms with Crippen molar-refractivity contribution in [2.45, 2.75) is 52.6 Å². The molecule has 2 aromatic rings. The third-order valence-corrected chi connectivity index (χ3v) is 4.62. The molecule has 0 amide bonds. The highest BCUT2D eigenvalue weighted by Gasteiger charge is 2.30. The summed E-state index contributed by atoms with van der Waals surface area (Å²) in [6.45, 7) is 9.43. The molecule has 116 valence electrons. The van der Waals surface area contributed by atoms with Crippen LogP contribution in [0.2, 0.25) is 0 Å². The van der Waals surface area contributed by atoms with E-state index in [-0.39, 0.29) is 5.41 Å². The zero-order valence-corrected chi connectivity index (χ0v) is 13.6. The molecular formula is C18H22N2O2. The van der Waals surface area contributed by atoms with E-state index in [4.69, 9.17) is 0 Å². The first-order valence-electron chi connectivity index (χ1n) is 7.73. The number of allylic oxidation sites excluding steroid dienone is 2. The molecule has 0 spiro atoms. The first kappa shape index (κ1) is 14.8. The van der Waals surface area contributed by atoms with E-state index in [1.54, 1.807) is 9.13 Å². The van der Waals surface area contributed by atoms with Gasteiger partial charge >= 0.3 is 11.1 Å². The number of rotatable bonds is 2. The van der Waals surface area contributed by atoms with Gasteiger partial charge in [-0.05, 0) is 37.3 Å². The molecule has 0 N–H and O–H groups in total. The molecule has 0 saturated heterocycles. The number of para-hydroxylation sites is 1. The van der Waals surface area contributed by atoms with Gasteiger partial charge in [0, 0.05) is 13.1 Å². The number of nitrogens with zero attached hydrogens (tertiary/aromatic N) is 2. The maximum Gasteiger partial charge on any atom is 0.317 e. The van der Waals surface area contributed by atoms with Crippen molar-refractivity contribution in [2.24, 2.45) is 0 Å². The van der Waals surface area contributed by atoms with Crippen molar-refractivity contribution in [3.63, 3.8) is 0 Å². The lowest BCUT2D eigenvalue weighted by atomic mass is 9.78. The van der Waals surface area contributed by atoms with E-state index in [0.717, 1.165) is 28.6 Å². The minimum atomic E-state index is -0.429. The molecule has 0 saturated carbocycles. The highest BCUT2D eigenvalue weighted by molar-refractivity contribution is 5.81. The number of hydrogen-bond donors (Lipinski definition) is 0. The third-order valence-electron chi connectivity index (χ3n) is 4.62. The Balaban J connectivity index is 2.44. The molecule has 0 unspecified atom stereocenters. The molecule has 0 atom stereocenters. The SMILES string of the molecule is CC(C)=CCn1c(=O)c(=O)n2c3c(cccc31)C(C)(C)CC2. The predicted molar refractivity (Wildman–Crippen MR) is 89.5 cm³/mol. The molecule has 4 heteroatoms. The normalized spacial score (nSPS) is 15.8. The van der Waals surface area contributed by atoms with Gasteiger partial charge in [0.1, 0.15) is 0 Å². The molecule has 0 fully saturated rings. The number of hydrogen-bond acceptors (Lipinski definition) is 2. The molecule has 1 aromatic carbocycles. The van der Waals surface area contributed by atoms with Gasteiger partial charge in [0.05, 0.1) is 11.0 Å². The van der Waals surface area contributed by atoms with Gasteiger partial charge in [0.15, 0.2) is 0 Å². The maximum atomic E-state index is 12.5. The van der Waals surface area contributed by atoms with Crippen molar-refractivity contribution in [3.8, 4) is 0 Å². The fourth-order valence-corrected chi connectivity index (χ4v) is 3.22. The maximum absolute atomic E-state index is 12.5. The third kappa shape index (κ3) is 2.14. The van der Waals surface area contributed by atoms with Gasteiger partial charge in [0.25, 0.3) is 0 Å². The van der Waals surface area contributed by atoms with Crippen LogP contribution in [-0.4, -0.2) is 9.13 Å². The molecular weight excluding hydrogens is 276 g/mol. The average Bonchev–Trinajstić information content (AvgIpc) is 2.46. The van der Waals surface area contributed by atoms with Crippen molar-refractivity contribution in [1.82, 2.24) is 9.13 Å². The molecule has 2 heterocycles. The van der Waals surface area contributed by atoms with E-state index in [1.165, 1.54) is 0 Å². The zero-order valence-electron chi connectivity index (χ0n) is 13.6. The van der Waals surface area contributed by atoms with E-state index in [0.29, 0.717) is 13.1 Å². The lowest BCUT2D eigenvalue weighted by Crippen LogP contribution is -2.44. The second kappa shape index (κ2) is 4.97. The van der Waals surface area contributed by atoms with E-state index in [1.807, 2.05) is 32.1 Å². The Labute approximate surface area is 129 Å². The second-order valence-electron chi connectivity index (χ2n) is 6.96. The van der Waals surface area contributed by atoms with Crippen LogP contribution in [0.25, 0.3) is 11.0 Å². The summed E-state index contributed by atoms with van der Waals surface area (Å²) in [7, 11) is 0. The van der Waals surface area contributed by atoms with Crippen molar-refractivity contribution in [1.29, 1.82) is 0 Å². The van der Waals surface area contributed by atoms with Crippen LogP contribution in [0.3, 0.4) is 0 Å². The molecule has 0 radical (unpaired) electrons. The molecule has 1 aliphatic rings. The van der Waals surface area contributed by atoms with Gasteiger partial charge in [-0.1, -0.05) is 37.6 Å². The Bertz CT molecular complexity index is 894. The molecule has 0 aliphatic carbocycles. The van der Waals surface area contributed by atoms with E-state index in [9.17, 15) is 9.59 Å². The summed E-state index contributed by atoms with van der Waals surface area (Å²) in [5, 5.41) is 0. The summed E-state index contributed by atoms with van der Waals surface area (Å²) in [6, 6.07) is 6.00. The predicted octanol–water partition coefficient (Wildman–Crippen LogP) is 2.81. The van der Waals surface area contributed by atoms with Crippen LogP contribution in [0, 0.1) is 0 Å². The summed E-state index contributed by atoms with van der Waals surface area (Å²) in [5.41, 5.74) is 3.24. The van der Waals surface area contributed by atoms with Crippen LogP contribution in [0.4, 0.5) is 0 Å². The lowest BCUT2D eigenvalue weighted by molar-refractivity contribution is 0.414. The molecule has 0 bridgehead atoms. The van der Waals surface area contributed by atoms with Gasteiger partial charge in [0.2, 0.25) is 0 Å². The van der Waals surface area contributed by atoms with Crippen LogP contribution >= 0.6 is 0 Å².